The van der Waals surface area contributed by atoms with Gasteiger partial charge in [0, 0.05) is 12.1 Å². The van der Waals surface area contributed by atoms with Crippen molar-refractivity contribution >= 4 is 33.2 Å². The Bertz CT molecular complexity index is 1280. The third-order valence-electron chi connectivity index (χ3n) is 6.49. The number of para-hydroxylation sites is 2. The van der Waals surface area contributed by atoms with E-state index in [0.717, 1.165) is 47.4 Å². The van der Waals surface area contributed by atoms with Crippen molar-refractivity contribution in [2.24, 2.45) is 0 Å². The molecule has 4 aromatic rings. The van der Waals surface area contributed by atoms with E-state index in [1.54, 1.807) is 0 Å². The third kappa shape index (κ3) is 2.76. The zero-order valence-corrected chi connectivity index (χ0v) is 17.4. The van der Waals surface area contributed by atoms with Crippen molar-refractivity contribution in [3.05, 3.63) is 40.4 Å². The van der Waals surface area contributed by atoms with E-state index in [0.29, 0.717) is 16.9 Å². The molecule has 0 bridgehead atoms. The molecule has 1 unspecified atom stereocenters. The van der Waals surface area contributed by atoms with Crippen LogP contribution in [-0.4, -0.2) is 24.1 Å². The Morgan fingerprint density at radius 1 is 1.03 bits per heavy atom. The lowest BCUT2D eigenvalue weighted by atomic mass is 9.95. The van der Waals surface area contributed by atoms with Crippen LogP contribution in [-0.2, 0) is 0 Å². The van der Waals surface area contributed by atoms with Gasteiger partial charge in [-0.1, -0.05) is 38.3 Å². The number of hydrogen-bond acceptors (Lipinski definition) is 4. The molecule has 1 aliphatic rings. The van der Waals surface area contributed by atoms with Crippen molar-refractivity contribution in [1.82, 2.24) is 24.1 Å². The third-order valence-corrected chi connectivity index (χ3v) is 6.49. The Labute approximate surface area is 169 Å². The molecule has 0 aliphatic heterocycles. The zero-order valence-electron chi connectivity index (χ0n) is 17.4. The number of hydrogen-bond donors (Lipinski definition) is 0. The normalized spacial score (nSPS) is 16.8. The molecule has 5 rings (SSSR count). The first kappa shape index (κ1) is 18.3. The molecule has 3 heterocycles. The average molecular weight is 390 g/mol. The van der Waals surface area contributed by atoms with Crippen molar-refractivity contribution in [3.8, 4) is 0 Å². The number of benzene rings is 1. The van der Waals surface area contributed by atoms with E-state index >= 15 is 0 Å². The van der Waals surface area contributed by atoms with Gasteiger partial charge >= 0.3 is 0 Å². The highest BCUT2D eigenvalue weighted by molar-refractivity contribution is 6.04. The topological polar surface area (TPSA) is 65.6 Å². The van der Waals surface area contributed by atoms with Crippen LogP contribution >= 0.6 is 0 Å². The van der Waals surface area contributed by atoms with Crippen LogP contribution in [0.15, 0.2) is 29.1 Å². The first-order valence-electron chi connectivity index (χ1n) is 10.8. The Morgan fingerprint density at radius 2 is 1.72 bits per heavy atom. The molecule has 1 aliphatic carbocycles. The standard InChI is InChI=1S/C23H27N5O/c1-4-14(2)27-15(3)24-21-19(23(27)29)20-22(28(21)16-10-6-5-7-11-16)26-18-13-9-8-12-17(18)25-20/h8-9,12-14,16H,4-7,10-11H2,1-3H3. The highest BCUT2D eigenvalue weighted by Gasteiger charge is 2.27. The molecule has 0 saturated heterocycles. The second kappa shape index (κ2) is 6.94. The molecule has 1 atom stereocenters. The number of nitrogens with zero attached hydrogens (tertiary/aromatic N) is 5. The van der Waals surface area contributed by atoms with E-state index in [1.807, 2.05) is 35.8 Å². The number of aromatic nitrogens is 5. The van der Waals surface area contributed by atoms with Crippen LogP contribution in [0.25, 0.3) is 33.2 Å². The van der Waals surface area contributed by atoms with Crippen molar-refractivity contribution < 1.29 is 0 Å². The summed E-state index contributed by atoms with van der Waals surface area (Å²) in [5, 5.41) is 0.620. The Balaban J connectivity index is 1.94. The summed E-state index contributed by atoms with van der Waals surface area (Å²) in [5.74, 6) is 0.765. The van der Waals surface area contributed by atoms with Crippen LogP contribution in [0.1, 0.15) is 70.3 Å². The van der Waals surface area contributed by atoms with Crippen LogP contribution in [0.5, 0.6) is 0 Å². The van der Waals surface area contributed by atoms with Gasteiger partial charge in [0.1, 0.15) is 16.7 Å². The zero-order chi connectivity index (χ0) is 20.1. The summed E-state index contributed by atoms with van der Waals surface area (Å²) in [6, 6.07) is 8.31. The Morgan fingerprint density at radius 3 is 2.41 bits per heavy atom. The molecule has 0 radical (unpaired) electrons. The van der Waals surface area contributed by atoms with Crippen molar-refractivity contribution in [1.29, 1.82) is 0 Å². The quantitative estimate of drug-likeness (QED) is 0.490. The maximum Gasteiger partial charge on any atom is 0.265 e. The summed E-state index contributed by atoms with van der Waals surface area (Å²) >= 11 is 0. The monoisotopic (exact) mass is 389 g/mol. The predicted octanol–water partition coefficient (Wildman–Crippen LogP) is 5.08. The molecular weight excluding hydrogens is 362 g/mol. The first-order valence-corrected chi connectivity index (χ1v) is 10.8. The van der Waals surface area contributed by atoms with Gasteiger partial charge in [-0.05, 0) is 45.2 Å². The first-order chi connectivity index (χ1) is 14.1. The minimum Gasteiger partial charge on any atom is -0.305 e. The summed E-state index contributed by atoms with van der Waals surface area (Å²) < 4.78 is 4.04. The highest BCUT2D eigenvalue weighted by Crippen LogP contribution is 2.35. The van der Waals surface area contributed by atoms with Crippen LogP contribution in [0.2, 0.25) is 0 Å². The Kier molecular flexibility index (Phi) is 4.37. The van der Waals surface area contributed by atoms with E-state index in [9.17, 15) is 4.79 Å². The van der Waals surface area contributed by atoms with Gasteiger partial charge < -0.3 is 4.57 Å². The van der Waals surface area contributed by atoms with Crippen LogP contribution in [0.4, 0.5) is 0 Å². The van der Waals surface area contributed by atoms with Gasteiger partial charge in [0.05, 0.1) is 11.0 Å². The lowest BCUT2D eigenvalue weighted by Crippen LogP contribution is -2.27. The van der Waals surface area contributed by atoms with E-state index < -0.39 is 0 Å². The summed E-state index contributed by atoms with van der Waals surface area (Å²) in [6.45, 7) is 6.11. The summed E-state index contributed by atoms with van der Waals surface area (Å²) in [5.41, 5.74) is 3.93. The minimum atomic E-state index is 0.00555. The van der Waals surface area contributed by atoms with E-state index in [1.165, 1.54) is 19.3 Å². The second-order valence-corrected chi connectivity index (χ2v) is 8.34. The lowest BCUT2D eigenvalue weighted by Gasteiger charge is -2.24. The molecule has 6 heteroatoms. The fourth-order valence-corrected chi connectivity index (χ4v) is 4.82. The smallest absolute Gasteiger partial charge is 0.265 e. The van der Waals surface area contributed by atoms with Crippen LogP contribution in [0.3, 0.4) is 0 Å². The molecule has 1 fully saturated rings. The highest BCUT2D eigenvalue weighted by atomic mass is 16.1. The van der Waals surface area contributed by atoms with E-state index in [2.05, 4.69) is 18.4 Å². The molecule has 0 spiro atoms. The second-order valence-electron chi connectivity index (χ2n) is 8.34. The van der Waals surface area contributed by atoms with Crippen molar-refractivity contribution in [2.45, 2.75) is 71.4 Å². The molecule has 3 aromatic heterocycles. The van der Waals surface area contributed by atoms with Crippen molar-refractivity contribution in [2.75, 3.05) is 0 Å². The van der Waals surface area contributed by atoms with Gasteiger partial charge in [0.2, 0.25) is 0 Å². The van der Waals surface area contributed by atoms with Crippen LogP contribution < -0.4 is 5.56 Å². The minimum absolute atomic E-state index is 0.00555. The maximum atomic E-state index is 13.6. The largest absolute Gasteiger partial charge is 0.305 e. The average Bonchev–Trinajstić information content (AvgIpc) is 3.05. The molecule has 1 aromatic carbocycles. The van der Waals surface area contributed by atoms with Gasteiger partial charge in [-0.15, -0.1) is 0 Å². The van der Waals surface area contributed by atoms with E-state index in [-0.39, 0.29) is 11.6 Å². The maximum absolute atomic E-state index is 13.6. The Hall–Kier alpha value is -2.76. The van der Waals surface area contributed by atoms with Gasteiger partial charge in [-0.2, -0.15) is 0 Å². The summed E-state index contributed by atoms with van der Waals surface area (Å²) in [4.78, 5) is 28.5. The molecular formula is C23H27N5O. The fraction of sp³-hybridized carbons (Fsp3) is 0.478. The van der Waals surface area contributed by atoms with Gasteiger partial charge in [-0.25, -0.2) is 15.0 Å². The SMILES string of the molecule is CCC(C)n1c(C)nc2c(c1=O)c1nc3ccccc3nc1n2C1CCCCC1. The number of fused-ring (bicyclic) bond motifs is 4. The lowest BCUT2D eigenvalue weighted by molar-refractivity contribution is 0.364. The van der Waals surface area contributed by atoms with Gasteiger partial charge in [-0.3, -0.25) is 9.36 Å². The van der Waals surface area contributed by atoms with Crippen molar-refractivity contribution in [3.63, 3.8) is 0 Å². The summed E-state index contributed by atoms with van der Waals surface area (Å²) in [6.07, 6.45) is 6.76. The molecule has 0 N–H and O–H groups in total. The predicted molar refractivity (Wildman–Crippen MR) is 116 cm³/mol. The summed E-state index contributed by atoms with van der Waals surface area (Å²) in [7, 11) is 0. The molecule has 0 amide bonds. The molecule has 29 heavy (non-hydrogen) atoms. The van der Waals surface area contributed by atoms with Gasteiger partial charge in [0.15, 0.2) is 11.3 Å². The molecule has 6 nitrogen and oxygen atoms in total. The number of aryl methyl sites for hydroxylation is 1. The number of rotatable bonds is 3. The van der Waals surface area contributed by atoms with Gasteiger partial charge in [0.25, 0.3) is 5.56 Å². The van der Waals surface area contributed by atoms with E-state index in [4.69, 9.17) is 15.0 Å². The molecule has 150 valence electrons. The molecule has 1 saturated carbocycles. The fourth-order valence-electron chi connectivity index (χ4n) is 4.82. The van der Waals surface area contributed by atoms with Crippen LogP contribution in [0, 0.1) is 6.92 Å².